The van der Waals surface area contributed by atoms with Crippen LogP contribution in [0.15, 0.2) is 22.0 Å². The average Bonchev–Trinajstić information content (AvgIpc) is 2.71. The molecule has 0 radical (unpaired) electrons. The molecule has 2 heterocycles. The van der Waals surface area contributed by atoms with Gasteiger partial charge in [0.1, 0.15) is 11.6 Å². The Morgan fingerprint density at radius 1 is 1.73 bits per heavy atom. The minimum absolute atomic E-state index is 0.0221. The number of nitriles is 1. The van der Waals surface area contributed by atoms with E-state index >= 15 is 0 Å². The second-order valence-corrected chi connectivity index (χ2v) is 3.18. The number of aryl methyl sites for hydroxylation is 1. The van der Waals surface area contributed by atoms with Crippen LogP contribution in [0.25, 0.3) is 0 Å². The van der Waals surface area contributed by atoms with Gasteiger partial charge < -0.3 is 10.3 Å². The maximum absolute atomic E-state index is 11.5. The van der Waals surface area contributed by atoms with Gasteiger partial charge in [-0.25, -0.2) is 4.90 Å². The summed E-state index contributed by atoms with van der Waals surface area (Å²) >= 11 is 0. The summed E-state index contributed by atoms with van der Waals surface area (Å²) in [5, 5.41) is 12.4. The molecule has 0 saturated carbocycles. The van der Waals surface area contributed by atoms with Gasteiger partial charge >= 0.3 is 0 Å². The number of hydrogen-bond donors (Lipinski definition) is 1. The topological polar surface area (TPSA) is 96.2 Å². The molecule has 76 valence electrons. The van der Waals surface area contributed by atoms with Crippen molar-refractivity contribution in [3.05, 3.63) is 23.2 Å². The van der Waals surface area contributed by atoms with Gasteiger partial charge in [-0.05, 0) is 6.92 Å². The third kappa shape index (κ3) is 1.34. The van der Waals surface area contributed by atoms with E-state index in [0.717, 1.165) is 0 Å². The minimum Gasteiger partial charge on any atom is -0.384 e. The number of carbonyl (C=O) groups is 1. The summed E-state index contributed by atoms with van der Waals surface area (Å²) in [5.41, 5.74) is 5.91. The van der Waals surface area contributed by atoms with Crippen LogP contribution in [0.5, 0.6) is 0 Å². The van der Waals surface area contributed by atoms with Crippen LogP contribution in [0.1, 0.15) is 12.2 Å². The molecule has 0 unspecified atom stereocenters. The van der Waals surface area contributed by atoms with Crippen molar-refractivity contribution in [2.24, 2.45) is 5.73 Å². The molecule has 15 heavy (non-hydrogen) atoms. The summed E-state index contributed by atoms with van der Waals surface area (Å²) in [6.45, 7) is 1.71. The highest BCUT2D eigenvalue weighted by molar-refractivity contribution is 6.01. The normalized spacial score (nSPS) is 16.0. The molecule has 0 aromatic carbocycles. The molecular weight excluding hydrogens is 196 g/mol. The first-order valence-electron chi connectivity index (χ1n) is 4.28. The van der Waals surface area contributed by atoms with Gasteiger partial charge in [0.2, 0.25) is 5.91 Å². The summed E-state index contributed by atoms with van der Waals surface area (Å²) in [4.78, 5) is 12.7. The van der Waals surface area contributed by atoms with Gasteiger partial charge in [-0.15, -0.1) is 0 Å². The molecule has 1 aromatic rings. The third-order valence-electron chi connectivity index (χ3n) is 2.11. The zero-order valence-electron chi connectivity index (χ0n) is 8.02. The van der Waals surface area contributed by atoms with Crippen molar-refractivity contribution in [3.63, 3.8) is 0 Å². The molecule has 1 aliphatic heterocycles. The van der Waals surface area contributed by atoms with Crippen molar-refractivity contribution in [2.45, 2.75) is 13.3 Å². The maximum atomic E-state index is 11.5. The third-order valence-corrected chi connectivity index (χ3v) is 2.11. The Labute approximate surface area is 85.5 Å². The molecule has 1 aromatic heterocycles. The van der Waals surface area contributed by atoms with Gasteiger partial charge in [0.15, 0.2) is 5.82 Å². The van der Waals surface area contributed by atoms with Crippen molar-refractivity contribution in [1.29, 1.82) is 5.26 Å². The summed E-state index contributed by atoms with van der Waals surface area (Å²) < 4.78 is 4.84. The van der Waals surface area contributed by atoms with Crippen LogP contribution >= 0.6 is 0 Å². The van der Waals surface area contributed by atoms with Crippen molar-refractivity contribution in [1.82, 2.24) is 5.16 Å². The largest absolute Gasteiger partial charge is 0.384 e. The van der Waals surface area contributed by atoms with Gasteiger partial charge in [0, 0.05) is 6.07 Å². The van der Waals surface area contributed by atoms with Gasteiger partial charge in [-0.2, -0.15) is 5.26 Å². The lowest BCUT2D eigenvalue weighted by Crippen LogP contribution is -2.28. The molecule has 0 fully saturated rings. The number of amides is 1. The first kappa shape index (κ1) is 9.27. The number of anilines is 1. The summed E-state index contributed by atoms with van der Waals surface area (Å²) in [6, 6.07) is 3.47. The minimum atomic E-state index is -0.266. The van der Waals surface area contributed by atoms with Crippen LogP contribution in [0.4, 0.5) is 5.82 Å². The Balaban J connectivity index is 2.43. The van der Waals surface area contributed by atoms with Gasteiger partial charge in [-0.1, -0.05) is 5.16 Å². The lowest BCUT2D eigenvalue weighted by atomic mass is 10.2. The van der Waals surface area contributed by atoms with Crippen LogP contribution in [-0.2, 0) is 4.79 Å². The summed E-state index contributed by atoms with van der Waals surface area (Å²) in [5.74, 6) is 0.768. The number of nitrogens with zero attached hydrogens (tertiary/aromatic N) is 3. The van der Waals surface area contributed by atoms with Crippen molar-refractivity contribution in [2.75, 3.05) is 4.90 Å². The van der Waals surface area contributed by atoms with E-state index in [4.69, 9.17) is 15.5 Å². The molecule has 0 saturated heterocycles. The van der Waals surface area contributed by atoms with E-state index in [0.29, 0.717) is 11.6 Å². The Morgan fingerprint density at radius 2 is 2.47 bits per heavy atom. The molecule has 6 heteroatoms. The van der Waals surface area contributed by atoms with E-state index in [1.165, 1.54) is 4.90 Å². The Kier molecular flexibility index (Phi) is 1.94. The van der Waals surface area contributed by atoms with Gasteiger partial charge in [0.25, 0.3) is 0 Å². The molecular formula is C9H8N4O2. The summed E-state index contributed by atoms with van der Waals surface area (Å²) in [7, 11) is 0. The van der Waals surface area contributed by atoms with E-state index in [1.807, 2.05) is 6.07 Å². The molecule has 0 spiro atoms. The standard InChI is InChI=1S/C9H8N4O2/c1-5-2-7(12-15-5)13-8(14)3-6(4-10)9(13)11/h2H,3,11H2,1H3. The van der Waals surface area contributed by atoms with E-state index < -0.39 is 0 Å². The Hall–Kier alpha value is -2.29. The monoisotopic (exact) mass is 204 g/mol. The van der Waals surface area contributed by atoms with Gasteiger partial charge in [-0.3, -0.25) is 4.79 Å². The van der Waals surface area contributed by atoms with Crippen LogP contribution in [0, 0.1) is 18.3 Å². The van der Waals surface area contributed by atoms with Crippen LogP contribution in [0.3, 0.4) is 0 Å². The molecule has 2 N–H and O–H groups in total. The zero-order chi connectivity index (χ0) is 11.0. The maximum Gasteiger partial charge on any atom is 0.239 e. The predicted molar refractivity (Wildman–Crippen MR) is 50.2 cm³/mol. The first-order valence-corrected chi connectivity index (χ1v) is 4.28. The van der Waals surface area contributed by atoms with E-state index in [1.54, 1.807) is 13.0 Å². The number of nitrogens with two attached hydrogens (primary N) is 1. The molecule has 6 nitrogen and oxygen atoms in total. The molecule has 0 atom stereocenters. The lowest BCUT2D eigenvalue weighted by Gasteiger charge is -2.12. The highest BCUT2D eigenvalue weighted by Crippen LogP contribution is 2.26. The zero-order valence-corrected chi connectivity index (χ0v) is 8.02. The quantitative estimate of drug-likeness (QED) is 0.714. The van der Waals surface area contributed by atoms with E-state index in [-0.39, 0.29) is 23.7 Å². The van der Waals surface area contributed by atoms with Crippen molar-refractivity contribution < 1.29 is 9.32 Å². The Bertz CT molecular complexity index is 494. The second kappa shape index (κ2) is 3.13. The fourth-order valence-electron chi connectivity index (χ4n) is 1.40. The highest BCUT2D eigenvalue weighted by atomic mass is 16.5. The first-order chi connectivity index (χ1) is 7.13. The average molecular weight is 204 g/mol. The van der Waals surface area contributed by atoms with Crippen LogP contribution in [0.2, 0.25) is 0 Å². The predicted octanol–water partition coefficient (Wildman–Crippen LogP) is 0.414. The molecule has 2 rings (SSSR count). The lowest BCUT2D eigenvalue weighted by molar-refractivity contribution is -0.116. The SMILES string of the molecule is Cc1cc(N2C(=O)CC(C#N)=C2N)no1. The van der Waals surface area contributed by atoms with E-state index in [2.05, 4.69) is 5.16 Å². The number of rotatable bonds is 1. The fraction of sp³-hybridized carbons (Fsp3) is 0.222. The Morgan fingerprint density at radius 3 is 2.93 bits per heavy atom. The number of hydrogen-bond acceptors (Lipinski definition) is 5. The smallest absolute Gasteiger partial charge is 0.239 e. The van der Waals surface area contributed by atoms with E-state index in [9.17, 15) is 4.79 Å². The van der Waals surface area contributed by atoms with Crippen molar-refractivity contribution in [3.8, 4) is 6.07 Å². The van der Waals surface area contributed by atoms with Crippen molar-refractivity contribution >= 4 is 11.7 Å². The number of carbonyl (C=O) groups excluding carboxylic acids is 1. The molecule has 0 aliphatic carbocycles. The van der Waals surface area contributed by atoms with Crippen LogP contribution in [-0.4, -0.2) is 11.1 Å². The number of aromatic nitrogens is 1. The molecule has 1 amide bonds. The summed E-state index contributed by atoms with van der Waals surface area (Å²) in [6.07, 6.45) is 0.0221. The second-order valence-electron chi connectivity index (χ2n) is 3.18. The molecule has 1 aliphatic rings. The highest BCUT2D eigenvalue weighted by Gasteiger charge is 2.31. The fourth-order valence-corrected chi connectivity index (χ4v) is 1.40. The molecule has 0 bridgehead atoms. The van der Waals surface area contributed by atoms with Gasteiger partial charge in [0.05, 0.1) is 18.1 Å². The van der Waals surface area contributed by atoms with Crippen LogP contribution < -0.4 is 10.6 Å².